The summed E-state index contributed by atoms with van der Waals surface area (Å²) in [7, 11) is 2.12. The number of carbonyl (C=O) groups is 1. The number of carbonyl (C=O) groups excluding carboxylic acids is 1. The van der Waals surface area contributed by atoms with Crippen LogP contribution in [0.15, 0.2) is 0 Å². The predicted molar refractivity (Wildman–Crippen MR) is 75.2 cm³/mol. The fraction of sp³-hybridized carbons (Fsp3) is 0.929. The normalized spacial score (nSPS) is 25.8. The lowest BCUT2D eigenvalue weighted by molar-refractivity contribution is -0.161. The molecular formula is C14H27N3O2. The van der Waals surface area contributed by atoms with Gasteiger partial charge in [-0.15, -0.1) is 0 Å². The van der Waals surface area contributed by atoms with Crippen LogP contribution in [0.25, 0.3) is 0 Å². The second-order valence-corrected chi connectivity index (χ2v) is 5.65. The van der Waals surface area contributed by atoms with E-state index >= 15 is 0 Å². The number of ether oxygens (including phenoxy) is 1. The second kappa shape index (κ2) is 6.68. The van der Waals surface area contributed by atoms with Gasteiger partial charge in [0.2, 0.25) is 0 Å². The van der Waals surface area contributed by atoms with E-state index in [0.717, 1.165) is 58.5 Å². The highest BCUT2D eigenvalue weighted by atomic mass is 16.5. The lowest BCUT2D eigenvalue weighted by Crippen LogP contribution is -2.61. The zero-order chi connectivity index (χ0) is 13.7. The molecule has 110 valence electrons. The molecule has 1 N–H and O–H groups in total. The lowest BCUT2D eigenvalue weighted by atomic mass is 9.85. The fourth-order valence-corrected chi connectivity index (χ4v) is 3.18. The van der Waals surface area contributed by atoms with Gasteiger partial charge >= 0.3 is 5.97 Å². The molecule has 2 fully saturated rings. The molecule has 0 aromatic carbocycles. The summed E-state index contributed by atoms with van der Waals surface area (Å²) in [6.07, 6.45) is 2.89. The summed E-state index contributed by atoms with van der Waals surface area (Å²) in [5, 5.41) is 3.41. The Balaban J connectivity index is 2.14. The standard InChI is InChI=1S/C14H27N3O2/c1-3-19-13(18)14(5-10-16(2)11-6-14)17-9-4-7-15-8-12-17/h15H,3-12H2,1-2H3. The maximum Gasteiger partial charge on any atom is 0.326 e. The van der Waals surface area contributed by atoms with Gasteiger partial charge in [0, 0.05) is 32.7 Å². The SMILES string of the molecule is CCOC(=O)C1(N2CCCNCC2)CCN(C)CC1. The van der Waals surface area contributed by atoms with E-state index in [9.17, 15) is 4.79 Å². The van der Waals surface area contributed by atoms with Crippen LogP contribution in [0.1, 0.15) is 26.2 Å². The van der Waals surface area contributed by atoms with E-state index in [4.69, 9.17) is 4.74 Å². The molecule has 19 heavy (non-hydrogen) atoms. The molecule has 2 aliphatic heterocycles. The van der Waals surface area contributed by atoms with Crippen LogP contribution >= 0.6 is 0 Å². The smallest absolute Gasteiger partial charge is 0.326 e. The van der Waals surface area contributed by atoms with Crippen molar-refractivity contribution >= 4 is 5.97 Å². The van der Waals surface area contributed by atoms with Gasteiger partial charge in [0.1, 0.15) is 5.54 Å². The number of rotatable bonds is 3. The third-order valence-corrected chi connectivity index (χ3v) is 4.42. The molecule has 2 aliphatic rings. The van der Waals surface area contributed by atoms with Gasteiger partial charge in [0.25, 0.3) is 0 Å². The number of nitrogens with zero attached hydrogens (tertiary/aromatic N) is 2. The van der Waals surface area contributed by atoms with Crippen molar-refractivity contribution < 1.29 is 9.53 Å². The first-order chi connectivity index (χ1) is 9.19. The Hall–Kier alpha value is -0.650. The minimum atomic E-state index is -0.380. The average molecular weight is 269 g/mol. The van der Waals surface area contributed by atoms with E-state index in [2.05, 4.69) is 22.2 Å². The highest BCUT2D eigenvalue weighted by molar-refractivity contribution is 5.81. The van der Waals surface area contributed by atoms with Crippen molar-refractivity contribution in [3.8, 4) is 0 Å². The largest absolute Gasteiger partial charge is 0.465 e. The van der Waals surface area contributed by atoms with Crippen molar-refractivity contribution in [1.29, 1.82) is 0 Å². The van der Waals surface area contributed by atoms with Crippen molar-refractivity contribution in [2.45, 2.75) is 31.7 Å². The number of hydrogen-bond donors (Lipinski definition) is 1. The van der Waals surface area contributed by atoms with Crippen molar-refractivity contribution in [1.82, 2.24) is 15.1 Å². The fourth-order valence-electron chi connectivity index (χ4n) is 3.18. The first kappa shape index (κ1) is 14.8. The second-order valence-electron chi connectivity index (χ2n) is 5.65. The van der Waals surface area contributed by atoms with Gasteiger partial charge in [0.15, 0.2) is 0 Å². The van der Waals surface area contributed by atoms with E-state index in [1.165, 1.54) is 0 Å². The topological polar surface area (TPSA) is 44.8 Å². The molecule has 0 atom stereocenters. The van der Waals surface area contributed by atoms with E-state index in [1.807, 2.05) is 6.92 Å². The molecule has 2 heterocycles. The number of likely N-dealkylation sites (tertiary alicyclic amines) is 1. The summed E-state index contributed by atoms with van der Waals surface area (Å²) in [5.41, 5.74) is -0.380. The number of nitrogens with one attached hydrogen (secondary N) is 1. The van der Waals surface area contributed by atoms with E-state index < -0.39 is 0 Å². The van der Waals surface area contributed by atoms with Crippen LogP contribution in [-0.2, 0) is 9.53 Å². The first-order valence-corrected chi connectivity index (χ1v) is 7.50. The molecule has 0 saturated carbocycles. The van der Waals surface area contributed by atoms with Crippen LogP contribution in [0.3, 0.4) is 0 Å². The van der Waals surface area contributed by atoms with Crippen LogP contribution in [0.2, 0.25) is 0 Å². The molecule has 5 heteroatoms. The summed E-state index contributed by atoms with van der Waals surface area (Å²) >= 11 is 0. The average Bonchev–Trinajstić information content (AvgIpc) is 2.69. The quantitative estimate of drug-likeness (QED) is 0.747. The van der Waals surface area contributed by atoms with Crippen LogP contribution < -0.4 is 5.32 Å². The lowest BCUT2D eigenvalue weighted by Gasteiger charge is -2.45. The molecule has 0 spiro atoms. The Bertz CT molecular complexity index is 293. The molecule has 2 rings (SSSR count). The molecule has 5 nitrogen and oxygen atoms in total. The molecule has 0 bridgehead atoms. The van der Waals surface area contributed by atoms with Gasteiger partial charge < -0.3 is 15.0 Å². The summed E-state index contributed by atoms with van der Waals surface area (Å²) in [4.78, 5) is 17.2. The maximum atomic E-state index is 12.5. The van der Waals surface area contributed by atoms with Crippen molar-refractivity contribution in [2.75, 3.05) is 52.9 Å². The van der Waals surface area contributed by atoms with Crippen LogP contribution in [0.4, 0.5) is 0 Å². The molecule has 0 aromatic heterocycles. The van der Waals surface area contributed by atoms with E-state index in [-0.39, 0.29) is 11.5 Å². The van der Waals surface area contributed by atoms with Crippen LogP contribution in [0, 0.1) is 0 Å². The van der Waals surface area contributed by atoms with Gasteiger partial charge in [-0.3, -0.25) is 9.69 Å². The third-order valence-electron chi connectivity index (χ3n) is 4.42. The highest BCUT2D eigenvalue weighted by Crippen LogP contribution is 2.30. The molecule has 0 unspecified atom stereocenters. The van der Waals surface area contributed by atoms with Crippen LogP contribution in [0.5, 0.6) is 0 Å². The zero-order valence-electron chi connectivity index (χ0n) is 12.3. The molecule has 0 radical (unpaired) electrons. The van der Waals surface area contributed by atoms with Gasteiger partial charge in [-0.1, -0.05) is 0 Å². The zero-order valence-corrected chi connectivity index (χ0v) is 12.3. The molecule has 0 aliphatic carbocycles. The minimum Gasteiger partial charge on any atom is -0.465 e. The maximum absolute atomic E-state index is 12.5. The minimum absolute atomic E-state index is 0.00926. The van der Waals surface area contributed by atoms with Crippen molar-refractivity contribution in [3.63, 3.8) is 0 Å². The molecule has 0 aromatic rings. The predicted octanol–water partition coefficient (Wildman–Crippen LogP) is 0.309. The third kappa shape index (κ3) is 3.27. The first-order valence-electron chi connectivity index (χ1n) is 7.50. The van der Waals surface area contributed by atoms with Gasteiger partial charge in [0.05, 0.1) is 6.61 Å². The summed E-state index contributed by atoms with van der Waals surface area (Å²) in [6, 6.07) is 0. The summed E-state index contributed by atoms with van der Waals surface area (Å²) in [6.45, 7) is 8.28. The Morgan fingerprint density at radius 1 is 1.21 bits per heavy atom. The molecular weight excluding hydrogens is 242 g/mol. The van der Waals surface area contributed by atoms with Crippen molar-refractivity contribution in [2.24, 2.45) is 0 Å². The summed E-state index contributed by atoms with van der Waals surface area (Å²) < 4.78 is 5.39. The highest BCUT2D eigenvalue weighted by Gasteiger charge is 2.46. The van der Waals surface area contributed by atoms with Crippen molar-refractivity contribution in [3.05, 3.63) is 0 Å². The van der Waals surface area contributed by atoms with Crippen LogP contribution in [-0.4, -0.2) is 74.2 Å². The number of hydrogen-bond acceptors (Lipinski definition) is 5. The Morgan fingerprint density at radius 2 is 1.95 bits per heavy atom. The number of esters is 1. The molecule has 2 saturated heterocycles. The molecule has 0 amide bonds. The Kier molecular flexibility index (Phi) is 5.19. The number of piperidine rings is 1. The van der Waals surface area contributed by atoms with E-state index in [0.29, 0.717) is 6.61 Å². The van der Waals surface area contributed by atoms with Gasteiger partial charge in [-0.05, 0) is 39.8 Å². The monoisotopic (exact) mass is 269 g/mol. The summed E-state index contributed by atoms with van der Waals surface area (Å²) in [5.74, 6) is -0.00926. The van der Waals surface area contributed by atoms with Gasteiger partial charge in [-0.25, -0.2) is 0 Å². The Labute approximate surface area is 116 Å². The van der Waals surface area contributed by atoms with Gasteiger partial charge in [-0.2, -0.15) is 0 Å². The van der Waals surface area contributed by atoms with E-state index in [1.54, 1.807) is 0 Å². The Morgan fingerprint density at radius 3 is 2.63 bits per heavy atom.